The predicted octanol–water partition coefficient (Wildman–Crippen LogP) is 1.49. The van der Waals surface area contributed by atoms with E-state index in [-0.39, 0.29) is 5.91 Å². The number of ether oxygens (including phenoxy) is 1. The van der Waals surface area contributed by atoms with Gasteiger partial charge in [0.1, 0.15) is 0 Å². The Hall–Kier alpha value is -1.43. The largest absolute Gasteiger partial charge is 0.383 e. The van der Waals surface area contributed by atoms with E-state index in [1.54, 1.807) is 7.11 Å². The number of aryl methyl sites for hydroxylation is 1. The smallest absolute Gasteiger partial charge is 0.234 e. The number of carbonyl (C=O) groups excluding carboxylic acids is 1. The number of amides is 1. The summed E-state index contributed by atoms with van der Waals surface area (Å²) in [5, 5.41) is 3.17. The van der Waals surface area contributed by atoms with Gasteiger partial charge in [-0.2, -0.15) is 0 Å². The van der Waals surface area contributed by atoms with E-state index in [4.69, 9.17) is 4.74 Å². The number of carbonyl (C=O) groups is 1. The average molecular weight is 345 g/mol. The van der Waals surface area contributed by atoms with Crippen molar-refractivity contribution in [1.82, 2.24) is 15.1 Å². The molecule has 1 saturated heterocycles. The monoisotopic (exact) mass is 345 g/mol. The van der Waals surface area contributed by atoms with Gasteiger partial charge < -0.3 is 10.1 Å². The molecule has 0 saturated carbocycles. The number of methoxy groups -OCH3 is 1. The van der Waals surface area contributed by atoms with Crippen molar-refractivity contribution in [2.24, 2.45) is 0 Å². The number of hydrogen-bond donors (Lipinski definition) is 1. The minimum atomic E-state index is 0.161. The Bertz CT molecular complexity index is 556. The minimum Gasteiger partial charge on any atom is -0.383 e. The van der Waals surface area contributed by atoms with Crippen LogP contribution in [0.2, 0.25) is 0 Å². The first-order valence-electron chi connectivity index (χ1n) is 9.54. The second kappa shape index (κ2) is 9.32. The number of nitrogens with zero attached hydrogens (tertiary/aromatic N) is 2. The number of fused-ring (bicyclic) bond motifs is 1. The molecule has 1 fully saturated rings. The van der Waals surface area contributed by atoms with E-state index in [0.29, 0.717) is 12.5 Å². The third-order valence-corrected chi connectivity index (χ3v) is 5.48. The van der Waals surface area contributed by atoms with Crippen LogP contribution < -0.4 is 5.32 Å². The Morgan fingerprint density at radius 2 is 1.96 bits per heavy atom. The van der Waals surface area contributed by atoms with E-state index in [2.05, 4.69) is 39.4 Å². The van der Waals surface area contributed by atoms with Crippen LogP contribution in [0, 0.1) is 0 Å². The van der Waals surface area contributed by atoms with Crippen LogP contribution in [0.15, 0.2) is 24.3 Å². The fraction of sp³-hybridized carbons (Fsp3) is 0.650. The Morgan fingerprint density at radius 1 is 1.20 bits per heavy atom. The van der Waals surface area contributed by atoms with Crippen molar-refractivity contribution in [3.8, 4) is 0 Å². The quantitative estimate of drug-likeness (QED) is 0.813. The molecule has 0 radical (unpaired) electrons. The lowest BCUT2D eigenvalue weighted by Gasteiger charge is -2.34. The topological polar surface area (TPSA) is 44.8 Å². The number of nitrogens with one attached hydrogen (secondary N) is 1. The van der Waals surface area contributed by atoms with Crippen molar-refractivity contribution >= 4 is 5.91 Å². The summed E-state index contributed by atoms with van der Waals surface area (Å²) < 4.78 is 5.13. The van der Waals surface area contributed by atoms with E-state index in [9.17, 15) is 4.79 Å². The van der Waals surface area contributed by atoms with Crippen LogP contribution in [0.25, 0.3) is 0 Å². The lowest BCUT2D eigenvalue weighted by atomic mass is 9.83. The molecular weight excluding hydrogens is 314 g/mol. The molecule has 1 N–H and O–H groups in total. The molecule has 138 valence electrons. The zero-order valence-electron chi connectivity index (χ0n) is 15.4. The van der Waals surface area contributed by atoms with Crippen LogP contribution in [0.1, 0.15) is 29.9 Å². The molecule has 0 spiro atoms. The van der Waals surface area contributed by atoms with Gasteiger partial charge in [0.25, 0.3) is 0 Å². The molecule has 1 aromatic rings. The predicted molar refractivity (Wildman–Crippen MR) is 99.9 cm³/mol. The molecule has 1 heterocycles. The molecule has 1 atom stereocenters. The maximum atomic E-state index is 12.3. The molecule has 0 aromatic heterocycles. The summed E-state index contributed by atoms with van der Waals surface area (Å²) in [6.45, 7) is 7.02. The van der Waals surface area contributed by atoms with Gasteiger partial charge in [0, 0.05) is 52.3 Å². The van der Waals surface area contributed by atoms with Crippen molar-refractivity contribution in [3.63, 3.8) is 0 Å². The molecule has 25 heavy (non-hydrogen) atoms. The zero-order valence-corrected chi connectivity index (χ0v) is 15.4. The molecule has 1 unspecified atom stereocenters. The number of benzene rings is 1. The van der Waals surface area contributed by atoms with Crippen LogP contribution in [0.5, 0.6) is 0 Å². The van der Waals surface area contributed by atoms with Gasteiger partial charge in [-0.15, -0.1) is 0 Å². The molecular formula is C20H31N3O2. The van der Waals surface area contributed by atoms with Gasteiger partial charge in [-0.05, 0) is 30.4 Å². The van der Waals surface area contributed by atoms with Crippen molar-refractivity contribution < 1.29 is 9.53 Å². The highest BCUT2D eigenvalue weighted by Gasteiger charge is 2.22. The first kappa shape index (κ1) is 18.4. The van der Waals surface area contributed by atoms with Crippen LogP contribution in [-0.4, -0.2) is 75.2 Å². The van der Waals surface area contributed by atoms with Crippen LogP contribution in [0.4, 0.5) is 0 Å². The second-order valence-electron chi connectivity index (χ2n) is 7.20. The first-order chi connectivity index (χ1) is 12.3. The van der Waals surface area contributed by atoms with Gasteiger partial charge in [-0.25, -0.2) is 0 Å². The third-order valence-electron chi connectivity index (χ3n) is 5.48. The van der Waals surface area contributed by atoms with E-state index in [0.717, 1.165) is 45.9 Å². The molecule has 2 aliphatic rings. The highest BCUT2D eigenvalue weighted by molar-refractivity contribution is 5.78. The van der Waals surface area contributed by atoms with Gasteiger partial charge in [0.2, 0.25) is 5.91 Å². The van der Waals surface area contributed by atoms with Crippen LogP contribution >= 0.6 is 0 Å². The zero-order chi connectivity index (χ0) is 17.5. The summed E-state index contributed by atoms with van der Waals surface area (Å²) >= 11 is 0. The molecule has 3 rings (SSSR count). The van der Waals surface area contributed by atoms with Gasteiger partial charge in [0.15, 0.2) is 0 Å². The van der Waals surface area contributed by atoms with Gasteiger partial charge in [-0.1, -0.05) is 24.3 Å². The van der Waals surface area contributed by atoms with Crippen molar-refractivity contribution in [2.45, 2.75) is 25.2 Å². The summed E-state index contributed by atoms with van der Waals surface area (Å²) in [4.78, 5) is 17.0. The van der Waals surface area contributed by atoms with Crippen molar-refractivity contribution in [3.05, 3.63) is 35.4 Å². The number of piperazine rings is 1. The van der Waals surface area contributed by atoms with Crippen molar-refractivity contribution in [2.75, 3.05) is 59.5 Å². The third kappa shape index (κ3) is 5.27. The standard InChI is InChI=1S/C20H31N3O2/c1-25-14-13-22-9-11-23(12-10-22)16-20(24)21-15-18-7-4-6-17-5-2-3-8-19(17)18/h2-3,5,8,18H,4,6-7,9-16H2,1H3,(H,21,24). The lowest BCUT2D eigenvalue weighted by molar-refractivity contribution is -0.122. The van der Waals surface area contributed by atoms with E-state index in [1.807, 2.05) is 0 Å². The van der Waals surface area contributed by atoms with Crippen LogP contribution in [0.3, 0.4) is 0 Å². The fourth-order valence-corrected chi connectivity index (χ4v) is 3.95. The van der Waals surface area contributed by atoms with Gasteiger partial charge in [0.05, 0.1) is 13.2 Å². The Labute approximate surface area is 151 Å². The highest BCUT2D eigenvalue weighted by Crippen LogP contribution is 2.30. The maximum Gasteiger partial charge on any atom is 0.234 e. The normalized spacial score (nSPS) is 21.7. The van der Waals surface area contributed by atoms with E-state index >= 15 is 0 Å². The van der Waals surface area contributed by atoms with Gasteiger partial charge in [-0.3, -0.25) is 14.6 Å². The summed E-state index contributed by atoms with van der Waals surface area (Å²) in [5.74, 6) is 0.633. The van der Waals surface area contributed by atoms with E-state index in [1.165, 1.54) is 30.4 Å². The highest BCUT2D eigenvalue weighted by atomic mass is 16.5. The van der Waals surface area contributed by atoms with E-state index < -0.39 is 0 Å². The van der Waals surface area contributed by atoms with Crippen LogP contribution in [-0.2, 0) is 16.0 Å². The van der Waals surface area contributed by atoms with Crippen molar-refractivity contribution in [1.29, 1.82) is 0 Å². The number of rotatable bonds is 7. The van der Waals surface area contributed by atoms with Gasteiger partial charge >= 0.3 is 0 Å². The molecule has 1 aliphatic carbocycles. The SMILES string of the molecule is COCCN1CCN(CC(=O)NCC2CCCc3ccccc32)CC1. The molecule has 0 bridgehead atoms. The molecule has 1 aromatic carbocycles. The summed E-state index contributed by atoms with van der Waals surface area (Å²) in [5.41, 5.74) is 2.89. The molecule has 5 heteroatoms. The summed E-state index contributed by atoms with van der Waals surface area (Å²) in [7, 11) is 1.74. The molecule has 1 aliphatic heterocycles. The Morgan fingerprint density at radius 3 is 2.76 bits per heavy atom. The second-order valence-corrected chi connectivity index (χ2v) is 7.20. The summed E-state index contributed by atoms with van der Waals surface area (Å²) in [6.07, 6.45) is 3.57. The number of hydrogen-bond acceptors (Lipinski definition) is 4. The maximum absolute atomic E-state index is 12.3. The first-order valence-corrected chi connectivity index (χ1v) is 9.54. The average Bonchev–Trinajstić information content (AvgIpc) is 2.66. The molecule has 1 amide bonds. The lowest BCUT2D eigenvalue weighted by Crippen LogP contribution is -2.50. The fourth-order valence-electron chi connectivity index (χ4n) is 3.95. The summed E-state index contributed by atoms with van der Waals surface area (Å²) in [6, 6.07) is 8.69. The Kier molecular flexibility index (Phi) is 6.84. The molecule has 5 nitrogen and oxygen atoms in total. The minimum absolute atomic E-state index is 0.161. The Balaban J connectivity index is 1.39.